The summed E-state index contributed by atoms with van der Waals surface area (Å²) in [6.45, 7) is 4.17. The first kappa shape index (κ1) is 37.1. The van der Waals surface area contributed by atoms with Gasteiger partial charge >= 0.3 is 43.7 Å². The van der Waals surface area contributed by atoms with Gasteiger partial charge in [0.2, 0.25) is 0 Å². The Kier molecular flexibility index (Phi) is 13.6. The first-order chi connectivity index (χ1) is 21.5. The minimum Gasteiger partial charge on any atom is -1.00 e. The second-order valence-corrected chi connectivity index (χ2v) is 11.1. The van der Waals surface area contributed by atoms with E-state index in [-0.39, 0.29) is 71.8 Å². The van der Waals surface area contributed by atoms with E-state index in [2.05, 4.69) is 5.32 Å². The molecule has 1 heterocycles. The topological polar surface area (TPSA) is 130 Å². The van der Waals surface area contributed by atoms with Gasteiger partial charge in [0.1, 0.15) is 17.3 Å². The minimum absolute atomic E-state index is 0. The molecule has 46 heavy (non-hydrogen) atoms. The number of benzene rings is 3. The maximum atomic E-state index is 14.4. The van der Waals surface area contributed by atoms with Crippen molar-refractivity contribution in [3.05, 3.63) is 89.9 Å². The number of nitrogens with one attached hydrogen (secondary N) is 1. The van der Waals surface area contributed by atoms with Crippen LogP contribution in [0.4, 0.5) is 10.1 Å². The van der Waals surface area contributed by atoms with Crippen molar-refractivity contribution in [3.63, 3.8) is 0 Å². The van der Waals surface area contributed by atoms with Gasteiger partial charge < -0.3 is 37.5 Å². The SMILES string of the molecule is COc1ccc(NC(=O)c2c(-c3ccccc3)c(-c3ccc(F)cc3)n(CCC(O)CC(O)CC(=O)O)c2C(C)C)c(OC)c1.[Ca+2].[H-].[H-]. The zero-order valence-electron chi connectivity index (χ0n) is 28.5. The fourth-order valence-electron chi connectivity index (χ4n) is 5.57. The largest absolute Gasteiger partial charge is 2.00 e. The van der Waals surface area contributed by atoms with Crippen molar-refractivity contribution in [2.24, 2.45) is 0 Å². The van der Waals surface area contributed by atoms with Gasteiger partial charge in [-0.15, -0.1) is 0 Å². The maximum Gasteiger partial charge on any atom is 2.00 e. The Morgan fingerprint density at radius 1 is 0.935 bits per heavy atom. The van der Waals surface area contributed by atoms with E-state index in [9.17, 15) is 24.2 Å². The molecule has 0 saturated carbocycles. The van der Waals surface area contributed by atoms with Crippen LogP contribution in [0.5, 0.6) is 11.5 Å². The number of ether oxygens (including phenoxy) is 2. The molecule has 0 saturated heterocycles. The number of aliphatic carboxylic acids is 1. The number of methoxy groups -OCH3 is 2. The summed E-state index contributed by atoms with van der Waals surface area (Å²) >= 11 is 0. The number of halogens is 1. The third-order valence-electron chi connectivity index (χ3n) is 7.55. The van der Waals surface area contributed by atoms with Crippen LogP contribution in [0.3, 0.4) is 0 Å². The molecule has 4 aromatic rings. The number of hydrogen-bond donors (Lipinski definition) is 4. The molecule has 0 bridgehead atoms. The summed E-state index contributed by atoms with van der Waals surface area (Å²) in [5, 5.41) is 33.0. The Balaban J connectivity index is 0.00000384. The van der Waals surface area contributed by atoms with Gasteiger partial charge in [-0.3, -0.25) is 9.59 Å². The van der Waals surface area contributed by atoms with Gasteiger partial charge in [-0.05, 0) is 66.3 Å². The van der Waals surface area contributed by atoms with Crippen LogP contribution in [-0.2, 0) is 11.3 Å². The van der Waals surface area contributed by atoms with Crippen molar-refractivity contribution in [2.75, 3.05) is 19.5 Å². The molecule has 2 atom stereocenters. The normalized spacial score (nSPS) is 12.3. The van der Waals surface area contributed by atoms with E-state index in [0.29, 0.717) is 45.3 Å². The van der Waals surface area contributed by atoms with E-state index in [4.69, 9.17) is 14.6 Å². The van der Waals surface area contributed by atoms with Gasteiger partial charge in [0.05, 0.1) is 49.8 Å². The molecule has 0 spiro atoms. The monoisotopic (exact) mass is 660 g/mol. The average molecular weight is 661 g/mol. The Hall–Kier alpha value is -3.41. The number of carbonyl (C=O) groups excluding carboxylic acids is 1. The molecule has 0 aliphatic heterocycles. The summed E-state index contributed by atoms with van der Waals surface area (Å²) < 4.78 is 26.9. The van der Waals surface area contributed by atoms with Crippen LogP contribution < -0.4 is 14.8 Å². The zero-order valence-corrected chi connectivity index (χ0v) is 28.7. The van der Waals surface area contributed by atoms with Gasteiger partial charge in [-0.2, -0.15) is 0 Å². The van der Waals surface area contributed by atoms with Crippen molar-refractivity contribution in [3.8, 4) is 33.9 Å². The quantitative estimate of drug-likeness (QED) is 0.119. The van der Waals surface area contributed by atoms with Crippen molar-refractivity contribution in [1.82, 2.24) is 4.57 Å². The van der Waals surface area contributed by atoms with Gasteiger partial charge in [0, 0.05) is 23.9 Å². The number of nitrogens with zero attached hydrogens (tertiary/aromatic N) is 1. The Bertz CT molecular complexity index is 1640. The minimum atomic E-state index is -1.20. The molecular formula is C35H41CaFN2O7. The summed E-state index contributed by atoms with van der Waals surface area (Å²) in [6, 6.07) is 20.5. The van der Waals surface area contributed by atoms with Crippen LogP contribution in [-0.4, -0.2) is 95.9 Å². The summed E-state index contributed by atoms with van der Waals surface area (Å²) in [5.41, 5.74) is 4.27. The number of anilines is 1. The molecule has 4 rings (SSSR count). The number of carboxylic acids is 1. The molecule has 0 aliphatic rings. The van der Waals surface area contributed by atoms with Gasteiger partial charge in [0.25, 0.3) is 5.91 Å². The van der Waals surface area contributed by atoms with Crippen LogP contribution in [0.15, 0.2) is 72.8 Å². The molecule has 1 amide bonds. The predicted octanol–water partition coefficient (Wildman–Crippen LogP) is 6.18. The predicted molar refractivity (Wildman–Crippen MR) is 178 cm³/mol. The number of carbonyl (C=O) groups is 2. The Labute approximate surface area is 300 Å². The molecule has 4 N–H and O–H groups in total. The van der Waals surface area contributed by atoms with Crippen LogP contribution in [0, 0.1) is 5.82 Å². The maximum absolute atomic E-state index is 14.4. The van der Waals surface area contributed by atoms with E-state index < -0.39 is 30.4 Å². The van der Waals surface area contributed by atoms with Gasteiger partial charge in [0.15, 0.2) is 0 Å². The number of amides is 1. The van der Waals surface area contributed by atoms with Crippen LogP contribution in [0.1, 0.15) is 57.9 Å². The third kappa shape index (κ3) is 8.89. The van der Waals surface area contributed by atoms with Gasteiger partial charge in [-0.1, -0.05) is 44.2 Å². The van der Waals surface area contributed by atoms with Crippen molar-refractivity contribution in [2.45, 2.75) is 57.8 Å². The standard InChI is InChI=1S/C35H39FN2O7.Ca.2H/c1-21(2)33-32(35(43)37-28-15-14-27(44-3)20-29(28)45-4)31(22-8-6-5-7-9-22)34(23-10-12-24(36)13-11-23)38(33)17-16-25(39)18-26(40)19-30(41)42;;;/h5-15,20-21,25-26,39-40H,16-19H2,1-4H3,(H,37,43)(H,41,42);;;/q;+2;2*-1. The number of aliphatic hydroxyl groups is 2. The molecule has 2 unspecified atom stereocenters. The molecular weight excluding hydrogens is 619 g/mol. The average Bonchev–Trinajstić information content (AvgIpc) is 3.36. The fourth-order valence-corrected chi connectivity index (χ4v) is 5.57. The zero-order chi connectivity index (χ0) is 32.7. The molecule has 242 valence electrons. The smallest absolute Gasteiger partial charge is 1.00 e. The molecule has 1 aromatic heterocycles. The second kappa shape index (κ2) is 16.9. The van der Waals surface area contributed by atoms with Crippen LogP contribution in [0.25, 0.3) is 22.4 Å². The van der Waals surface area contributed by atoms with E-state index in [1.165, 1.54) is 26.4 Å². The van der Waals surface area contributed by atoms with Crippen LogP contribution >= 0.6 is 0 Å². The molecule has 9 nitrogen and oxygen atoms in total. The number of aromatic nitrogens is 1. The number of carboxylic acid groups (broad SMARTS) is 1. The first-order valence-corrected chi connectivity index (χ1v) is 14.7. The summed E-state index contributed by atoms with van der Waals surface area (Å²) in [5.74, 6) is -1.15. The third-order valence-corrected chi connectivity index (χ3v) is 7.55. The Morgan fingerprint density at radius 2 is 1.61 bits per heavy atom. The van der Waals surface area contributed by atoms with E-state index in [1.54, 1.807) is 30.3 Å². The fraction of sp³-hybridized carbons (Fsp3) is 0.314. The number of hydrogen-bond acceptors (Lipinski definition) is 6. The molecule has 0 fully saturated rings. The van der Waals surface area contributed by atoms with E-state index in [1.807, 2.05) is 48.7 Å². The molecule has 11 heteroatoms. The molecule has 3 aromatic carbocycles. The second-order valence-electron chi connectivity index (χ2n) is 11.1. The van der Waals surface area contributed by atoms with E-state index >= 15 is 0 Å². The van der Waals surface area contributed by atoms with E-state index in [0.717, 1.165) is 5.56 Å². The van der Waals surface area contributed by atoms with Crippen molar-refractivity contribution in [1.29, 1.82) is 0 Å². The summed E-state index contributed by atoms with van der Waals surface area (Å²) in [6.07, 6.45) is -2.64. The van der Waals surface area contributed by atoms with Crippen LogP contribution in [0.2, 0.25) is 0 Å². The summed E-state index contributed by atoms with van der Waals surface area (Å²) in [4.78, 5) is 25.4. The van der Waals surface area contributed by atoms with Gasteiger partial charge in [-0.25, -0.2) is 4.39 Å². The molecule has 0 aliphatic carbocycles. The number of rotatable bonds is 14. The summed E-state index contributed by atoms with van der Waals surface area (Å²) in [7, 11) is 3.04. The molecule has 0 radical (unpaired) electrons. The van der Waals surface area contributed by atoms with Crippen molar-refractivity contribution < 1.29 is 41.6 Å². The number of aliphatic hydroxyl groups excluding tert-OH is 2. The Morgan fingerprint density at radius 3 is 2.20 bits per heavy atom. The first-order valence-electron chi connectivity index (χ1n) is 14.7. The van der Waals surface area contributed by atoms with Crippen molar-refractivity contribution >= 4 is 55.3 Å².